The van der Waals surface area contributed by atoms with E-state index in [4.69, 9.17) is 9.47 Å². The van der Waals surface area contributed by atoms with Gasteiger partial charge >= 0.3 is 6.09 Å². The number of carbonyl (C=O) groups excluding carboxylic acids is 2. The normalized spacial score (nSPS) is 19.9. The van der Waals surface area contributed by atoms with Crippen LogP contribution in [0.5, 0.6) is 5.75 Å². The molecule has 2 saturated heterocycles. The zero-order valence-corrected chi connectivity index (χ0v) is 17.6. The first-order chi connectivity index (χ1) is 14.1. The number of hydrogen-bond donors (Lipinski definition) is 0. The molecule has 2 heterocycles. The Morgan fingerprint density at radius 1 is 1.34 bits per heavy atom. The smallest absolute Gasteiger partial charge is 0.410 e. The molecule has 2 aliphatic rings. The van der Waals surface area contributed by atoms with Gasteiger partial charge in [0, 0.05) is 26.2 Å². The van der Waals surface area contributed by atoms with E-state index in [1.165, 1.54) is 10.5 Å². The van der Waals surface area contributed by atoms with Crippen LogP contribution in [0.3, 0.4) is 0 Å². The van der Waals surface area contributed by atoms with E-state index in [1.807, 2.05) is 24.0 Å². The molecule has 2 amide bonds. The number of amides is 2. The van der Waals surface area contributed by atoms with Gasteiger partial charge in [-0.25, -0.2) is 4.79 Å². The lowest BCUT2D eigenvalue weighted by molar-refractivity contribution is -0.132. The number of methoxy groups -OCH3 is 1. The lowest BCUT2D eigenvalue weighted by atomic mass is 9.96. The van der Waals surface area contributed by atoms with Crippen molar-refractivity contribution in [2.75, 3.05) is 59.5 Å². The molecule has 1 aromatic carbocycles. The van der Waals surface area contributed by atoms with Crippen LogP contribution in [-0.4, -0.2) is 86.2 Å². The number of carbonyl (C=O) groups is 2. The number of likely N-dealkylation sites (N-methyl/N-ethyl adjacent to an activating group) is 1. The number of hydrogen-bond acceptors (Lipinski definition) is 5. The van der Waals surface area contributed by atoms with E-state index in [0.717, 1.165) is 51.2 Å². The molecule has 1 atom stereocenters. The number of likely N-dealkylation sites (tertiary alicyclic amines) is 1. The van der Waals surface area contributed by atoms with E-state index in [-0.39, 0.29) is 18.5 Å². The van der Waals surface area contributed by atoms with Crippen LogP contribution in [0.2, 0.25) is 0 Å². The highest BCUT2D eigenvalue weighted by atomic mass is 16.6. The van der Waals surface area contributed by atoms with Gasteiger partial charge in [0.2, 0.25) is 5.91 Å². The molecule has 0 spiro atoms. The number of cyclic esters (lactones) is 1. The monoisotopic (exact) mass is 403 g/mol. The summed E-state index contributed by atoms with van der Waals surface area (Å²) in [7, 11) is 1.70. The minimum atomic E-state index is -0.379. The number of ether oxygens (including phenoxy) is 2. The second kappa shape index (κ2) is 10.5. The predicted molar refractivity (Wildman–Crippen MR) is 111 cm³/mol. The predicted octanol–water partition coefficient (Wildman–Crippen LogP) is 2.25. The van der Waals surface area contributed by atoms with Crippen LogP contribution in [0, 0.1) is 5.92 Å². The van der Waals surface area contributed by atoms with E-state index >= 15 is 0 Å². The first-order valence-corrected chi connectivity index (χ1v) is 10.6. The minimum Gasteiger partial charge on any atom is -0.497 e. The molecule has 0 aromatic heterocycles. The molecule has 29 heavy (non-hydrogen) atoms. The number of piperidine rings is 1. The standard InChI is InChI=1S/C22H33N3O4/c1-3-24(21(26)17-25-12-13-29-22(25)27)16-19-7-5-10-23(15-19)11-9-18-6-4-8-20(14-18)28-2/h4,6,8,14,19H,3,5,7,9-13,15-17H2,1-2H3/t19-/m1/s1. The van der Waals surface area contributed by atoms with Crippen molar-refractivity contribution in [3.63, 3.8) is 0 Å². The highest BCUT2D eigenvalue weighted by molar-refractivity contribution is 5.82. The first-order valence-electron chi connectivity index (χ1n) is 10.6. The molecule has 0 N–H and O–H groups in total. The van der Waals surface area contributed by atoms with Crippen LogP contribution in [-0.2, 0) is 16.0 Å². The van der Waals surface area contributed by atoms with Crippen molar-refractivity contribution in [2.45, 2.75) is 26.2 Å². The van der Waals surface area contributed by atoms with E-state index in [2.05, 4.69) is 17.0 Å². The average Bonchev–Trinajstić information content (AvgIpc) is 3.15. The van der Waals surface area contributed by atoms with E-state index < -0.39 is 0 Å². The zero-order chi connectivity index (χ0) is 20.6. The Kier molecular flexibility index (Phi) is 7.75. The second-order valence-corrected chi connectivity index (χ2v) is 7.88. The Balaban J connectivity index is 1.47. The van der Waals surface area contributed by atoms with Gasteiger partial charge in [-0.15, -0.1) is 0 Å². The van der Waals surface area contributed by atoms with Crippen LogP contribution in [0.1, 0.15) is 25.3 Å². The van der Waals surface area contributed by atoms with Crippen LogP contribution in [0.15, 0.2) is 24.3 Å². The molecule has 0 aliphatic carbocycles. The van der Waals surface area contributed by atoms with Crippen molar-refractivity contribution in [1.29, 1.82) is 0 Å². The van der Waals surface area contributed by atoms with E-state index in [1.54, 1.807) is 7.11 Å². The maximum atomic E-state index is 12.7. The maximum Gasteiger partial charge on any atom is 0.410 e. The molecular weight excluding hydrogens is 370 g/mol. The third kappa shape index (κ3) is 6.10. The topological polar surface area (TPSA) is 62.3 Å². The number of benzene rings is 1. The summed E-state index contributed by atoms with van der Waals surface area (Å²) in [5, 5.41) is 0. The third-order valence-corrected chi connectivity index (χ3v) is 5.84. The maximum absolute atomic E-state index is 12.7. The Morgan fingerprint density at radius 3 is 2.93 bits per heavy atom. The Bertz CT molecular complexity index is 696. The van der Waals surface area contributed by atoms with Gasteiger partial charge in [-0.3, -0.25) is 9.69 Å². The molecule has 0 bridgehead atoms. The van der Waals surface area contributed by atoms with Crippen molar-refractivity contribution >= 4 is 12.0 Å². The summed E-state index contributed by atoms with van der Waals surface area (Å²) in [6.07, 6.45) is 2.92. The van der Waals surface area contributed by atoms with Crippen molar-refractivity contribution in [2.24, 2.45) is 5.92 Å². The van der Waals surface area contributed by atoms with Crippen molar-refractivity contribution < 1.29 is 19.1 Å². The number of nitrogens with zero attached hydrogens (tertiary/aromatic N) is 3. The first kappa shape index (κ1) is 21.4. The molecule has 1 aromatic rings. The Labute approximate surface area is 173 Å². The fourth-order valence-electron chi connectivity index (χ4n) is 4.17. The molecule has 7 nitrogen and oxygen atoms in total. The fraction of sp³-hybridized carbons (Fsp3) is 0.636. The molecule has 3 rings (SSSR count). The van der Waals surface area contributed by atoms with E-state index in [0.29, 0.717) is 25.6 Å². The van der Waals surface area contributed by atoms with Gasteiger partial charge in [0.05, 0.1) is 13.7 Å². The number of rotatable bonds is 9. The third-order valence-electron chi connectivity index (χ3n) is 5.84. The fourth-order valence-corrected chi connectivity index (χ4v) is 4.17. The summed E-state index contributed by atoms with van der Waals surface area (Å²) >= 11 is 0. The Morgan fingerprint density at radius 2 is 2.21 bits per heavy atom. The van der Waals surface area contributed by atoms with Gasteiger partial charge in [-0.1, -0.05) is 12.1 Å². The summed E-state index contributed by atoms with van der Waals surface area (Å²) < 4.78 is 10.2. The lowest BCUT2D eigenvalue weighted by Crippen LogP contribution is -2.46. The highest BCUT2D eigenvalue weighted by Crippen LogP contribution is 2.19. The van der Waals surface area contributed by atoms with Gasteiger partial charge < -0.3 is 19.3 Å². The van der Waals surface area contributed by atoms with Gasteiger partial charge in [0.15, 0.2) is 0 Å². The molecular formula is C22H33N3O4. The summed E-state index contributed by atoms with van der Waals surface area (Å²) in [6, 6.07) is 8.25. The summed E-state index contributed by atoms with van der Waals surface area (Å²) in [5.41, 5.74) is 1.29. The largest absolute Gasteiger partial charge is 0.497 e. The Hall–Kier alpha value is -2.28. The van der Waals surface area contributed by atoms with Crippen LogP contribution in [0.4, 0.5) is 4.79 Å². The average molecular weight is 404 g/mol. The molecule has 0 unspecified atom stereocenters. The molecule has 160 valence electrons. The van der Waals surface area contributed by atoms with Crippen molar-refractivity contribution in [3.8, 4) is 5.75 Å². The van der Waals surface area contributed by atoms with Crippen LogP contribution in [0.25, 0.3) is 0 Å². The quantitative estimate of drug-likeness (QED) is 0.633. The van der Waals surface area contributed by atoms with Crippen LogP contribution < -0.4 is 4.74 Å². The second-order valence-electron chi connectivity index (χ2n) is 7.88. The minimum absolute atomic E-state index is 0.0138. The van der Waals surface area contributed by atoms with Crippen molar-refractivity contribution in [3.05, 3.63) is 29.8 Å². The van der Waals surface area contributed by atoms with Gasteiger partial charge in [-0.2, -0.15) is 0 Å². The van der Waals surface area contributed by atoms with Crippen LogP contribution >= 0.6 is 0 Å². The van der Waals surface area contributed by atoms with Crippen molar-refractivity contribution in [1.82, 2.24) is 14.7 Å². The SMILES string of the molecule is CCN(C[C@@H]1CCCN(CCc2cccc(OC)c2)C1)C(=O)CN1CCOC1=O. The molecule has 7 heteroatoms. The van der Waals surface area contributed by atoms with E-state index in [9.17, 15) is 9.59 Å². The summed E-state index contributed by atoms with van der Waals surface area (Å²) in [6.45, 7) is 7.58. The molecule has 0 radical (unpaired) electrons. The molecule has 2 fully saturated rings. The highest BCUT2D eigenvalue weighted by Gasteiger charge is 2.28. The van der Waals surface area contributed by atoms with Gasteiger partial charge in [-0.05, 0) is 56.3 Å². The summed E-state index contributed by atoms with van der Waals surface area (Å²) in [4.78, 5) is 30.1. The lowest BCUT2D eigenvalue weighted by Gasteiger charge is -2.35. The zero-order valence-electron chi connectivity index (χ0n) is 17.6. The van der Waals surface area contributed by atoms with Gasteiger partial charge in [0.25, 0.3) is 0 Å². The molecule has 0 saturated carbocycles. The van der Waals surface area contributed by atoms with Gasteiger partial charge in [0.1, 0.15) is 18.9 Å². The summed E-state index contributed by atoms with van der Waals surface area (Å²) in [5.74, 6) is 1.39. The molecule has 2 aliphatic heterocycles.